The number of rotatable bonds is 0. The van der Waals surface area contributed by atoms with Crippen LogP contribution in [-0.4, -0.2) is 11.6 Å². The second kappa shape index (κ2) is 95900. The Labute approximate surface area is 49.1 Å². The molecule has 0 aliphatic heterocycles. The summed E-state index contributed by atoms with van der Waals surface area (Å²) in [6.07, 6.45) is 0.250. The van der Waals surface area contributed by atoms with Crippen LogP contribution in [0.5, 0.6) is 0 Å². The third-order valence-electron chi connectivity index (χ3n) is 0. The molecule has 0 saturated heterocycles. The van der Waals surface area contributed by atoms with Gasteiger partial charge in [0, 0.05) is 0 Å². The Morgan fingerprint density at radius 3 is 1.12 bits per heavy atom. The van der Waals surface area contributed by atoms with Crippen molar-refractivity contribution < 1.29 is 15.1 Å². The van der Waals surface area contributed by atoms with Gasteiger partial charge < -0.3 is 11.6 Å². The van der Waals surface area contributed by atoms with Crippen LogP contribution in [0.3, 0.4) is 0 Å². The molecule has 0 bridgehead atoms. The van der Waals surface area contributed by atoms with Crippen molar-refractivity contribution in [1.29, 1.82) is 0 Å². The molecule has 0 aromatic carbocycles. The van der Waals surface area contributed by atoms with Crippen molar-refractivity contribution in [3.8, 4) is 0 Å². The molecule has 0 heterocycles. The lowest BCUT2D eigenvalue weighted by Crippen LogP contribution is -1.22. The van der Waals surface area contributed by atoms with Crippen LogP contribution in [0, 0.1) is 0 Å². The maximum atomic E-state index is 8.12. The molecule has 0 saturated carbocycles. The predicted octanol–water partition coefficient (Wildman–Crippen LogP) is 0.192. The minimum absolute atomic E-state index is 0. The molecule has 52 valence electrons. The van der Waals surface area contributed by atoms with Crippen molar-refractivity contribution in [3.05, 3.63) is 13.2 Å². The number of hydrogen-bond acceptors (Lipinski definition) is 3. The molecule has 0 aromatic heterocycles. The largest absolute Gasteiger partial charge is 0.412 e. The third kappa shape index (κ3) is 89.3. The van der Waals surface area contributed by atoms with E-state index in [9.17, 15) is 0 Å². The van der Waals surface area contributed by atoms with Crippen molar-refractivity contribution in [2.75, 3.05) is 0 Å². The van der Waals surface area contributed by atoms with Crippen molar-refractivity contribution >= 4 is 6.15 Å². The van der Waals surface area contributed by atoms with E-state index in [0.29, 0.717) is 0 Å². The summed E-state index contributed by atoms with van der Waals surface area (Å²) in [7, 11) is 0. The van der Waals surface area contributed by atoms with Crippen molar-refractivity contribution in [3.63, 3.8) is 0 Å². The molecule has 0 fully saturated rings. The molecule has 0 amide bonds. The van der Waals surface area contributed by atoms with E-state index in [1.54, 1.807) is 0 Å². The highest BCUT2D eigenvalue weighted by Crippen LogP contribution is 0.862. The van der Waals surface area contributed by atoms with E-state index in [1.165, 1.54) is 0 Å². The number of hydrogen-bond donors (Lipinski definition) is 1. The van der Waals surface area contributed by atoms with Gasteiger partial charge in [-0.25, -0.2) is 0 Å². The van der Waals surface area contributed by atoms with Crippen LogP contribution in [0.25, 0.3) is 0 Å². The Balaban J connectivity index is -0.00000000567. The van der Waals surface area contributed by atoms with Crippen LogP contribution in [0.15, 0.2) is 13.2 Å². The van der Waals surface area contributed by atoms with Gasteiger partial charge in [-0.1, -0.05) is 7.43 Å². The Kier molecular flexibility index (Phi) is 740000. The summed E-state index contributed by atoms with van der Waals surface area (Å²) < 4.78 is 0. The highest BCUT2D eigenvalue weighted by molar-refractivity contribution is 5.20. The molecule has 5 N–H and O–H groups in total. The van der Waals surface area contributed by atoms with Gasteiger partial charge >= 0.3 is 6.15 Å². The summed E-state index contributed by atoms with van der Waals surface area (Å²) >= 11 is 0. The monoisotopic (exact) mass is 123 g/mol. The molecule has 0 unspecified atom stereocenters. The van der Waals surface area contributed by atoms with Gasteiger partial charge in [-0.2, -0.15) is 9.59 Å². The quantitative estimate of drug-likeness (QED) is 0.465. The summed E-state index contributed by atoms with van der Waals surface area (Å²) in [5.41, 5.74) is 0. The van der Waals surface area contributed by atoms with Gasteiger partial charge in [0.1, 0.15) is 0 Å². The molecule has 0 aromatic rings. The fourth-order valence-corrected chi connectivity index (χ4v) is 0. The Morgan fingerprint density at radius 1 is 1.12 bits per heavy atom. The van der Waals surface area contributed by atoms with Crippen molar-refractivity contribution in [1.82, 2.24) is 6.15 Å². The fourth-order valence-electron chi connectivity index (χ4n) is 0. The second-order valence-corrected chi connectivity index (χ2v) is 0.0833. The smallest absolute Gasteiger partial charge is 0.373 e. The average molecular weight is 123 g/mol. The molecular formula is C4H13NO3. The minimum atomic E-state index is 0. The fraction of sp³-hybridized carbons (Fsp3) is 0.250. The van der Waals surface area contributed by atoms with Gasteiger partial charge in [-0.15, -0.1) is 13.2 Å². The van der Waals surface area contributed by atoms with Crippen molar-refractivity contribution in [2.24, 2.45) is 0 Å². The second-order valence-electron chi connectivity index (χ2n) is 0.0833. The van der Waals surface area contributed by atoms with Crippen LogP contribution in [0.4, 0.5) is 0 Å². The standard InChI is InChI=1S/C2H4.CO2.CH4.H3N.H2O/c1-2;2-1-3;;;/h1-2H2;;1H4;1H3;1H2. The molecule has 0 aliphatic rings. The Hall–Kier alpha value is -0.960. The Morgan fingerprint density at radius 2 is 1.12 bits per heavy atom. The first-order chi connectivity index (χ1) is 2.41. The maximum absolute atomic E-state index is 8.12. The average Bonchev–Trinajstić information content (AvgIpc) is 1.46. The van der Waals surface area contributed by atoms with Crippen LogP contribution in [0.1, 0.15) is 7.43 Å². The Bertz CT molecular complexity index is 40.5. The van der Waals surface area contributed by atoms with Gasteiger partial charge in [-0.3, -0.25) is 0 Å². The third-order valence-corrected chi connectivity index (χ3v) is 0. The lowest BCUT2D eigenvalue weighted by atomic mass is 11.3. The molecule has 0 atom stereocenters. The molecule has 0 radical (unpaired) electrons. The summed E-state index contributed by atoms with van der Waals surface area (Å²) in [6.45, 7) is 6.00. The minimum Gasteiger partial charge on any atom is -0.412 e. The van der Waals surface area contributed by atoms with Crippen LogP contribution >= 0.6 is 0 Å². The molecular weight excluding hydrogens is 110 g/mol. The van der Waals surface area contributed by atoms with Crippen LogP contribution < -0.4 is 6.15 Å². The SMILES string of the molecule is C.C=C.N.O.O=C=O. The normalized spacial score (nSPS) is 1.50. The van der Waals surface area contributed by atoms with Crippen LogP contribution in [0.2, 0.25) is 0 Å². The van der Waals surface area contributed by atoms with Gasteiger partial charge in [0.2, 0.25) is 0 Å². The zero-order valence-corrected chi connectivity index (χ0v) is 3.94. The summed E-state index contributed by atoms with van der Waals surface area (Å²) in [5, 5.41) is 0. The van der Waals surface area contributed by atoms with Crippen LogP contribution in [-0.2, 0) is 9.59 Å². The summed E-state index contributed by atoms with van der Waals surface area (Å²) in [4.78, 5) is 16.2. The first kappa shape index (κ1) is 61.7. The molecule has 0 spiro atoms. The zero-order valence-electron chi connectivity index (χ0n) is 3.94. The molecule has 4 nitrogen and oxygen atoms in total. The van der Waals surface area contributed by atoms with Gasteiger partial charge in [-0.05, 0) is 0 Å². The lowest BCUT2D eigenvalue weighted by Gasteiger charge is -0.945. The maximum Gasteiger partial charge on any atom is 0.373 e. The topological polar surface area (TPSA) is 101 Å². The zero-order chi connectivity index (χ0) is 4.71. The van der Waals surface area contributed by atoms with Gasteiger partial charge in [0.25, 0.3) is 0 Å². The molecule has 8 heavy (non-hydrogen) atoms. The molecule has 4 heteroatoms. The van der Waals surface area contributed by atoms with E-state index < -0.39 is 0 Å². The van der Waals surface area contributed by atoms with E-state index in [4.69, 9.17) is 9.59 Å². The summed E-state index contributed by atoms with van der Waals surface area (Å²) in [6, 6.07) is 0. The van der Waals surface area contributed by atoms with E-state index >= 15 is 0 Å². The van der Waals surface area contributed by atoms with Gasteiger partial charge in [0.05, 0.1) is 0 Å². The predicted molar refractivity (Wildman–Crippen MR) is 31.6 cm³/mol. The molecule has 0 aliphatic carbocycles. The van der Waals surface area contributed by atoms with E-state index in [-0.39, 0.29) is 25.2 Å². The van der Waals surface area contributed by atoms with Crippen molar-refractivity contribution in [2.45, 2.75) is 7.43 Å². The first-order valence-electron chi connectivity index (χ1n) is 0.908. The highest BCUT2D eigenvalue weighted by atomic mass is 16.2. The van der Waals surface area contributed by atoms with Gasteiger partial charge in [0.15, 0.2) is 0 Å². The highest BCUT2D eigenvalue weighted by Gasteiger charge is 1.13. The first-order valence-corrected chi connectivity index (χ1v) is 0.908. The molecule has 0 rings (SSSR count). The lowest BCUT2D eigenvalue weighted by molar-refractivity contribution is -0.191. The van der Waals surface area contributed by atoms with E-state index in [1.807, 2.05) is 0 Å². The van der Waals surface area contributed by atoms with E-state index in [0.717, 1.165) is 0 Å². The van der Waals surface area contributed by atoms with E-state index in [2.05, 4.69) is 13.2 Å². The summed E-state index contributed by atoms with van der Waals surface area (Å²) in [5.74, 6) is 0. The number of carbonyl (C=O) groups excluding carboxylic acids is 2.